The van der Waals surface area contributed by atoms with E-state index in [0.717, 1.165) is 26.3 Å². The second kappa shape index (κ2) is 4.05. The van der Waals surface area contributed by atoms with Crippen LogP contribution in [0.2, 0.25) is 5.15 Å². The molecule has 0 aromatic carbocycles. The van der Waals surface area contributed by atoms with Crippen LogP contribution >= 0.6 is 11.6 Å². The molecule has 1 aromatic heterocycles. The van der Waals surface area contributed by atoms with Crippen molar-refractivity contribution in [3.8, 4) is 0 Å². The summed E-state index contributed by atoms with van der Waals surface area (Å²) >= 11 is 5.69. The Morgan fingerprint density at radius 2 is 2.46 bits per heavy atom. The van der Waals surface area contributed by atoms with Crippen molar-refractivity contribution < 1.29 is 0 Å². The quantitative estimate of drug-likeness (QED) is 0.720. The van der Waals surface area contributed by atoms with Crippen LogP contribution < -0.4 is 5.32 Å². The van der Waals surface area contributed by atoms with Gasteiger partial charge in [0.05, 0.1) is 0 Å². The molecule has 3 nitrogen and oxygen atoms in total. The van der Waals surface area contributed by atoms with E-state index in [2.05, 4.69) is 15.2 Å². The maximum absolute atomic E-state index is 5.69. The molecule has 13 heavy (non-hydrogen) atoms. The molecule has 0 spiro atoms. The van der Waals surface area contributed by atoms with E-state index in [1.165, 1.54) is 5.56 Å². The van der Waals surface area contributed by atoms with Gasteiger partial charge in [0, 0.05) is 32.5 Å². The number of hydrogen-bond donors (Lipinski definition) is 1. The van der Waals surface area contributed by atoms with Crippen LogP contribution in [0.4, 0.5) is 0 Å². The molecule has 0 saturated carbocycles. The fourth-order valence-electron chi connectivity index (χ4n) is 1.45. The van der Waals surface area contributed by atoms with Crippen LogP contribution in [0.25, 0.3) is 0 Å². The van der Waals surface area contributed by atoms with Crippen molar-refractivity contribution in [2.45, 2.75) is 6.54 Å². The van der Waals surface area contributed by atoms with Crippen molar-refractivity contribution in [3.05, 3.63) is 29.0 Å². The van der Waals surface area contributed by atoms with E-state index in [-0.39, 0.29) is 0 Å². The van der Waals surface area contributed by atoms with Gasteiger partial charge in [0.2, 0.25) is 0 Å². The molecule has 1 saturated heterocycles. The van der Waals surface area contributed by atoms with E-state index < -0.39 is 0 Å². The fourth-order valence-corrected chi connectivity index (χ4v) is 1.56. The minimum Gasteiger partial charge on any atom is -0.303 e. The van der Waals surface area contributed by atoms with E-state index in [4.69, 9.17) is 11.6 Å². The molecule has 70 valence electrons. The van der Waals surface area contributed by atoms with Crippen LogP contribution in [0.15, 0.2) is 18.3 Å². The lowest BCUT2D eigenvalue weighted by Gasteiger charge is -2.12. The summed E-state index contributed by atoms with van der Waals surface area (Å²) in [6, 6.07) is 3.86. The number of halogens is 1. The van der Waals surface area contributed by atoms with Crippen LogP contribution in [0.1, 0.15) is 5.56 Å². The van der Waals surface area contributed by atoms with Crippen LogP contribution in [0.5, 0.6) is 0 Å². The van der Waals surface area contributed by atoms with Crippen molar-refractivity contribution >= 4 is 11.6 Å². The molecule has 4 heteroatoms. The maximum atomic E-state index is 5.69. The zero-order valence-electron chi connectivity index (χ0n) is 7.33. The molecule has 0 aliphatic carbocycles. The average Bonchev–Trinajstić information content (AvgIpc) is 2.62. The zero-order valence-corrected chi connectivity index (χ0v) is 8.09. The second-order valence-electron chi connectivity index (χ2n) is 3.20. The lowest BCUT2D eigenvalue weighted by molar-refractivity contribution is 0.327. The SMILES string of the molecule is Clc1ccc(CN2CCNC2)cn1. The van der Waals surface area contributed by atoms with Gasteiger partial charge >= 0.3 is 0 Å². The predicted molar refractivity (Wildman–Crippen MR) is 52.5 cm³/mol. The molecule has 0 radical (unpaired) electrons. The monoisotopic (exact) mass is 197 g/mol. The molecule has 2 heterocycles. The Morgan fingerprint density at radius 3 is 3.08 bits per heavy atom. The van der Waals surface area contributed by atoms with E-state index in [1.807, 2.05) is 18.3 Å². The molecule has 1 aliphatic heterocycles. The summed E-state index contributed by atoms with van der Waals surface area (Å²) in [5.74, 6) is 0. The summed E-state index contributed by atoms with van der Waals surface area (Å²) in [6.45, 7) is 4.13. The lowest BCUT2D eigenvalue weighted by atomic mass is 10.3. The number of pyridine rings is 1. The number of nitrogens with zero attached hydrogens (tertiary/aromatic N) is 2. The first-order valence-corrected chi connectivity index (χ1v) is 4.76. The second-order valence-corrected chi connectivity index (χ2v) is 3.59. The summed E-state index contributed by atoms with van der Waals surface area (Å²) in [4.78, 5) is 6.38. The van der Waals surface area contributed by atoms with E-state index in [9.17, 15) is 0 Å². The van der Waals surface area contributed by atoms with Gasteiger partial charge in [-0.2, -0.15) is 0 Å². The molecule has 1 fully saturated rings. The fraction of sp³-hybridized carbons (Fsp3) is 0.444. The molecule has 0 unspecified atom stereocenters. The van der Waals surface area contributed by atoms with Crippen molar-refractivity contribution in [2.75, 3.05) is 19.8 Å². The van der Waals surface area contributed by atoms with Gasteiger partial charge < -0.3 is 5.32 Å². The van der Waals surface area contributed by atoms with E-state index in [0.29, 0.717) is 5.15 Å². The highest BCUT2D eigenvalue weighted by molar-refractivity contribution is 6.29. The molecule has 0 bridgehead atoms. The Bertz CT molecular complexity index is 267. The molecule has 1 N–H and O–H groups in total. The molecule has 0 amide bonds. The van der Waals surface area contributed by atoms with Gasteiger partial charge in [-0.3, -0.25) is 4.90 Å². The third-order valence-corrected chi connectivity index (χ3v) is 2.36. The van der Waals surface area contributed by atoms with Crippen molar-refractivity contribution in [1.82, 2.24) is 15.2 Å². The zero-order chi connectivity index (χ0) is 9.10. The van der Waals surface area contributed by atoms with Crippen LogP contribution in [0.3, 0.4) is 0 Å². The Hall–Kier alpha value is -0.640. The first-order chi connectivity index (χ1) is 6.34. The van der Waals surface area contributed by atoms with Crippen molar-refractivity contribution in [3.63, 3.8) is 0 Å². The summed E-state index contributed by atoms with van der Waals surface area (Å²) in [5, 5.41) is 3.84. The Kier molecular flexibility index (Phi) is 2.78. The third kappa shape index (κ3) is 2.40. The maximum Gasteiger partial charge on any atom is 0.129 e. The molecule has 1 aromatic rings. The molecule has 0 atom stereocenters. The predicted octanol–water partition coefficient (Wildman–Crippen LogP) is 1.10. The summed E-state index contributed by atoms with van der Waals surface area (Å²) < 4.78 is 0. The van der Waals surface area contributed by atoms with Crippen LogP contribution in [-0.2, 0) is 6.54 Å². The lowest BCUT2D eigenvalue weighted by Crippen LogP contribution is -2.21. The number of rotatable bonds is 2. The minimum atomic E-state index is 0.559. The largest absolute Gasteiger partial charge is 0.303 e. The highest BCUT2D eigenvalue weighted by Gasteiger charge is 2.10. The van der Waals surface area contributed by atoms with Gasteiger partial charge in [0.1, 0.15) is 5.15 Å². The molecule has 2 rings (SSSR count). The summed E-state index contributed by atoms with van der Waals surface area (Å²) in [7, 11) is 0. The summed E-state index contributed by atoms with van der Waals surface area (Å²) in [5.41, 5.74) is 1.22. The standard InChI is InChI=1S/C9H12ClN3/c10-9-2-1-8(5-12-9)6-13-4-3-11-7-13/h1-2,5,11H,3-4,6-7H2. The number of nitrogens with one attached hydrogen (secondary N) is 1. The summed E-state index contributed by atoms with van der Waals surface area (Å²) in [6.07, 6.45) is 1.83. The molecular formula is C9H12ClN3. The first-order valence-electron chi connectivity index (χ1n) is 4.38. The highest BCUT2D eigenvalue weighted by atomic mass is 35.5. The Morgan fingerprint density at radius 1 is 1.54 bits per heavy atom. The van der Waals surface area contributed by atoms with Crippen LogP contribution in [-0.4, -0.2) is 29.6 Å². The highest BCUT2D eigenvalue weighted by Crippen LogP contribution is 2.08. The first kappa shape index (κ1) is 8.94. The number of aromatic nitrogens is 1. The van der Waals surface area contributed by atoms with Crippen molar-refractivity contribution in [1.29, 1.82) is 0 Å². The van der Waals surface area contributed by atoms with Gasteiger partial charge in [-0.15, -0.1) is 0 Å². The van der Waals surface area contributed by atoms with E-state index in [1.54, 1.807) is 0 Å². The molecular weight excluding hydrogens is 186 g/mol. The minimum absolute atomic E-state index is 0.559. The van der Waals surface area contributed by atoms with Crippen molar-refractivity contribution in [2.24, 2.45) is 0 Å². The van der Waals surface area contributed by atoms with Crippen LogP contribution in [0, 0.1) is 0 Å². The van der Waals surface area contributed by atoms with Gasteiger partial charge in [-0.25, -0.2) is 4.98 Å². The van der Waals surface area contributed by atoms with Gasteiger partial charge in [-0.1, -0.05) is 17.7 Å². The van der Waals surface area contributed by atoms with Gasteiger partial charge in [0.25, 0.3) is 0 Å². The topological polar surface area (TPSA) is 28.2 Å². The average molecular weight is 198 g/mol. The number of hydrogen-bond acceptors (Lipinski definition) is 3. The Labute approximate surface area is 82.7 Å². The Balaban J connectivity index is 1.97. The normalized spacial score (nSPS) is 17.9. The van der Waals surface area contributed by atoms with E-state index >= 15 is 0 Å². The van der Waals surface area contributed by atoms with Gasteiger partial charge in [-0.05, 0) is 11.6 Å². The third-order valence-electron chi connectivity index (χ3n) is 2.14. The smallest absolute Gasteiger partial charge is 0.129 e. The van der Waals surface area contributed by atoms with Gasteiger partial charge in [0.15, 0.2) is 0 Å². The molecule has 1 aliphatic rings.